The maximum atomic E-state index is 13.0. The zero-order valence-electron chi connectivity index (χ0n) is 14.5. The molecule has 0 radical (unpaired) electrons. The average molecular weight is 341 g/mol. The summed E-state index contributed by atoms with van der Waals surface area (Å²) in [5.74, 6) is 0.354. The Bertz CT molecular complexity index is 700. The van der Waals surface area contributed by atoms with Crippen LogP contribution in [-0.2, 0) is 11.3 Å². The summed E-state index contributed by atoms with van der Waals surface area (Å²) < 4.78 is 13.0. The van der Waals surface area contributed by atoms with Crippen molar-refractivity contribution >= 4 is 17.3 Å². The number of anilines is 2. The van der Waals surface area contributed by atoms with Crippen molar-refractivity contribution in [3.63, 3.8) is 0 Å². The molecule has 3 rings (SSSR count). The van der Waals surface area contributed by atoms with E-state index in [0.717, 1.165) is 44.0 Å². The average Bonchev–Trinajstić information content (AvgIpc) is 3.05. The zero-order valence-corrected chi connectivity index (χ0v) is 14.5. The monoisotopic (exact) mass is 341 g/mol. The van der Waals surface area contributed by atoms with Crippen LogP contribution in [0.5, 0.6) is 0 Å². The van der Waals surface area contributed by atoms with Gasteiger partial charge in [0.25, 0.3) is 0 Å². The van der Waals surface area contributed by atoms with Crippen molar-refractivity contribution in [2.45, 2.75) is 19.9 Å². The molecule has 1 heterocycles. The summed E-state index contributed by atoms with van der Waals surface area (Å²) in [7, 11) is 0. The van der Waals surface area contributed by atoms with Gasteiger partial charge in [0, 0.05) is 44.5 Å². The molecule has 0 aliphatic carbocycles. The fourth-order valence-corrected chi connectivity index (χ4v) is 3.22. The number of hydrogen-bond acceptors (Lipinski definition) is 3. The predicted molar refractivity (Wildman–Crippen MR) is 99.2 cm³/mol. The molecule has 1 atom stereocenters. The number of carbonyl (C=O) groups excluding carboxylic acids is 1. The number of benzene rings is 2. The zero-order chi connectivity index (χ0) is 17.6. The van der Waals surface area contributed by atoms with Crippen molar-refractivity contribution < 1.29 is 9.18 Å². The fourth-order valence-electron chi connectivity index (χ4n) is 3.22. The van der Waals surface area contributed by atoms with E-state index in [9.17, 15) is 9.18 Å². The highest BCUT2D eigenvalue weighted by atomic mass is 19.1. The standard InChI is InChI=1S/C20H24FN3O/c1-15(25)23-19-6-2-16(3-7-19)12-22-13-17-10-11-24(14-17)20-8-4-18(21)5-9-20/h2-9,17,22H,10-14H2,1H3,(H,23,25)/t17-/m0/s1. The van der Waals surface area contributed by atoms with Gasteiger partial charge in [-0.1, -0.05) is 12.1 Å². The van der Waals surface area contributed by atoms with Crippen molar-refractivity contribution in [2.75, 3.05) is 29.9 Å². The smallest absolute Gasteiger partial charge is 0.221 e. The molecule has 0 bridgehead atoms. The third-order valence-corrected chi connectivity index (χ3v) is 4.51. The first-order valence-corrected chi connectivity index (χ1v) is 8.68. The van der Waals surface area contributed by atoms with Gasteiger partial charge in [0.15, 0.2) is 0 Å². The third kappa shape index (κ3) is 5.03. The Morgan fingerprint density at radius 2 is 1.88 bits per heavy atom. The Labute approximate surface area is 148 Å². The van der Waals surface area contributed by atoms with Crippen LogP contribution >= 0.6 is 0 Å². The van der Waals surface area contributed by atoms with Gasteiger partial charge in [-0.25, -0.2) is 4.39 Å². The first-order valence-electron chi connectivity index (χ1n) is 8.68. The van der Waals surface area contributed by atoms with E-state index in [0.29, 0.717) is 5.92 Å². The summed E-state index contributed by atoms with van der Waals surface area (Å²) in [4.78, 5) is 13.3. The molecule has 1 amide bonds. The van der Waals surface area contributed by atoms with E-state index < -0.39 is 0 Å². The number of rotatable bonds is 6. The molecule has 0 aromatic heterocycles. The molecule has 2 aromatic carbocycles. The highest BCUT2D eigenvalue weighted by molar-refractivity contribution is 5.88. The van der Waals surface area contributed by atoms with E-state index in [-0.39, 0.29) is 11.7 Å². The lowest BCUT2D eigenvalue weighted by Crippen LogP contribution is -2.26. The van der Waals surface area contributed by atoms with Gasteiger partial charge >= 0.3 is 0 Å². The van der Waals surface area contributed by atoms with Crippen LogP contribution in [0.2, 0.25) is 0 Å². The quantitative estimate of drug-likeness (QED) is 0.846. The molecule has 132 valence electrons. The Balaban J connectivity index is 1.42. The number of hydrogen-bond donors (Lipinski definition) is 2. The van der Waals surface area contributed by atoms with Crippen molar-refractivity contribution in [3.8, 4) is 0 Å². The summed E-state index contributed by atoms with van der Waals surface area (Å²) in [5, 5.41) is 6.28. The minimum Gasteiger partial charge on any atom is -0.371 e. The van der Waals surface area contributed by atoms with Gasteiger partial charge in [0.2, 0.25) is 5.91 Å². The molecule has 0 spiro atoms. The lowest BCUT2D eigenvalue weighted by atomic mass is 10.1. The molecule has 1 aliphatic rings. The van der Waals surface area contributed by atoms with E-state index in [4.69, 9.17) is 0 Å². The molecule has 1 aliphatic heterocycles. The predicted octanol–water partition coefficient (Wildman–Crippen LogP) is 3.40. The van der Waals surface area contributed by atoms with Gasteiger partial charge < -0.3 is 15.5 Å². The summed E-state index contributed by atoms with van der Waals surface area (Å²) in [6, 6.07) is 14.6. The van der Waals surface area contributed by atoms with E-state index in [2.05, 4.69) is 15.5 Å². The molecular weight excluding hydrogens is 317 g/mol. The normalized spacial score (nSPS) is 16.9. The molecule has 1 saturated heterocycles. The largest absolute Gasteiger partial charge is 0.371 e. The molecule has 1 fully saturated rings. The second-order valence-corrected chi connectivity index (χ2v) is 6.59. The molecule has 2 N–H and O–H groups in total. The van der Waals surface area contributed by atoms with Gasteiger partial charge in [-0.2, -0.15) is 0 Å². The SMILES string of the molecule is CC(=O)Nc1ccc(CNC[C@@H]2CCN(c3ccc(F)cc3)C2)cc1. The molecule has 2 aromatic rings. The highest BCUT2D eigenvalue weighted by Crippen LogP contribution is 2.23. The molecule has 0 saturated carbocycles. The summed E-state index contributed by atoms with van der Waals surface area (Å²) >= 11 is 0. The lowest BCUT2D eigenvalue weighted by molar-refractivity contribution is -0.114. The van der Waals surface area contributed by atoms with Crippen molar-refractivity contribution in [1.82, 2.24) is 5.32 Å². The summed E-state index contributed by atoms with van der Waals surface area (Å²) in [6.45, 7) is 5.30. The molecular formula is C20H24FN3O. The Morgan fingerprint density at radius 1 is 1.16 bits per heavy atom. The molecule has 25 heavy (non-hydrogen) atoms. The lowest BCUT2D eigenvalue weighted by Gasteiger charge is -2.19. The van der Waals surface area contributed by atoms with Crippen LogP contribution < -0.4 is 15.5 Å². The number of nitrogens with one attached hydrogen (secondary N) is 2. The Hall–Kier alpha value is -2.40. The van der Waals surface area contributed by atoms with E-state index in [1.54, 1.807) is 0 Å². The summed E-state index contributed by atoms with van der Waals surface area (Å²) in [6.07, 6.45) is 1.14. The minimum atomic E-state index is -0.189. The Kier molecular flexibility index (Phi) is 5.66. The second-order valence-electron chi connectivity index (χ2n) is 6.59. The van der Waals surface area contributed by atoms with Gasteiger partial charge in [-0.3, -0.25) is 4.79 Å². The van der Waals surface area contributed by atoms with Crippen molar-refractivity contribution in [3.05, 3.63) is 59.9 Å². The van der Waals surface area contributed by atoms with Gasteiger partial charge in [0.05, 0.1) is 0 Å². The van der Waals surface area contributed by atoms with Crippen molar-refractivity contribution in [2.24, 2.45) is 5.92 Å². The van der Waals surface area contributed by atoms with Gasteiger partial charge in [0.1, 0.15) is 5.82 Å². The van der Waals surface area contributed by atoms with E-state index in [1.807, 2.05) is 36.4 Å². The van der Waals surface area contributed by atoms with Crippen LogP contribution in [0.4, 0.5) is 15.8 Å². The maximum absolute atomic E-state index is 13.0. The number of halogens is 1. The number of nitrogens with zero attached hydrogens (tertiary/aromatic N) is 1. The van der Waals surface area contributed by atoms with E-state index >= 15 is 0 Å². The molecule has 5 heteroatoms. The maximum Gasteiger partial charge on any atom is 0.221 e. The highest BCUT2D eigenvalue weighted by Gasteiger charge is 2.22. The third-order valence-electron chi connectivity index (χ3n) is 4.51. The first kappa shape index (κ1) is 17.4. The van der Waals surface area contributed by atoms with Crippen LogP contribution in [-0.4, -0.2) is 25.5 Å². The van der Waals surface area contributed by atoms with Crippen LogP contribution in [0.15, 0.2) is 48.5 Å². The van der Waals surface area contributed by atoms with Crippen LogP contribution in [0.1, 0.15) is 18.9 Å². The first-order chi connectivity index (χ1) is 12.1. The van der Waals surface area contributed by atoms with Crippen LogP contribution in [0, 0.1) is 11.7 Å². The van der Waals surface area contributed by atoms with Crippen LogP contribution in [0.25, 0.3) is 0 Å². The van der Waals surface area contributed by atoms with Crippen molar-refractivity contribution in [1.29, 1.82) is 0 Å². The number of amides is 1. The Morgan fingerprint density at radius 3 is 2.56 bits per heavy atom. The topological polar surface area (TPSA) is 44.4 Å². The van der Waals surface area contributed by atoms with Gasteiger partial charge in [-0.15, -0.1) is 0 Å². The number of carbonyl (C=O) groups is 1. The van der Waals surface area contributed by atoms with Crippen LogP contribution in [0.3, 0.4) is 0 Å². The second kappa shape index (κ2) is 8.12. The molecule has 0 unspecified atom stereocenters. The van der Waals surface area contributed by atoms with E-state index in [1.165, 1.54) is 24.6 Å². The summed E-state index contributed by atoms with van der Waals surface area (Å²) in [5.41, 5.74) is 3.11. The molecule has 4 nitrogen and oxygen atoms in total. The van der Waals surface area contributed by atoms with Gasteiger partial charge in [-0.05, 0) is 54.3 Å². The fraction of sp³-hybridized carbons (Fsp3) is 0.350. The minimum absolute atomic E-state index is 0.0576.